The van der Waals surface area contributed by atoms with Gasteiger partial charge in [-0.25, -0.2) is 0 Å². The van der Waals surface area contributed by atoms with Gasteiger partial charge in [-0.2, -0.15) is 0 Å². The van der Waals surface area contributed by atoms with Gasteiger partial charge in [-0.3, -0.25) is 0 Å². The predicted molar refractivity (Wildman–Crippen MR) is 75.9 cm³/mol. The van der Waals surface area contributed by atoms with Gasteiger partial charge in [0.1, 0.15) is 0 Å². The van der Waals surface area contributed by atoms with Crippen LogP contribution in [-0.2, 0) is 0 Å². The normalized spacial score (nSPS) is 23.9. The molecule has 4 nitrogen and oxygen atoms in total. The highest BCUT2D eigenvalue weighted by atomic mass is 16.3. The number of anilines is 2. The average Bonchev–Trinajstić information content (AvgIpc) is 2.62. The smallest absolute Gasteiger partial charge is 0.0735 e. The minimum atomic E-state index is -0.229. The Balaban J connectivity index is 2.21. The Morgan fingerprint density at radius 3 is 2.78 bits per heavy atom. The fraction of sp³-hybridized carbons (Fsp3) is 0.571. The van der Waals surface area contributed by atoms with Crippen molar-refractivity contribution in [2.45, 2.75) is 25.5 Å². The van der Waals surface area contributed by atoms with E-state index in [0.29, 0.717) is 12.6 Å². The van der Waals surface area contributed by atoms with Gasteiger partial charge in [-0.05, 0) is 51.2 Å². The Morgan fingerprint density at radius 1 is 1.44 bits per heavy atom. The first-order chi connectivity index (χ1) is 8.47. The number of nitrogen functional groups attached to an aromatic ring is 1. The van der Waals surface area contributed by atoms with Crippen LogP contribution >= 0.6 is 0 Å². The molecule has 0 radical (unpaired) electrons. The number of rotatable bonds is 3. The molecule has 18 heavy (non-hydrogen) atoms. The van der Waals surface area contributed by atoms with Gasteiger partial charge < -0.3 is 20.6 Å². The molecule has 0 aromatic heterocycles. The number of likely N-dealkylation sites (N-methyl/N-ethyl adjacent to an activating group) is 1. The van der Waals surface area contributed by atoms with Gasteiger partial charge in [0.05, 0.1) is 6.10 Å². The summed E-state index contributed by atoms with van der Waals surface area (Å²) >= 11 is 0. The fourth-order valence-electron chi connectivity index (χ4n) is 2.64. The molecule has 1 aliphatic heterocycles. The van der Waals surface area contributed by atoms with E-state index in [9.17, 15) is 5.11 Å². The molecule has 1 aliphatic rings. The van der Waals surface area contributed by atoms with Crippen molar-refractivity contribution in [3.63, 3.8) is 0 Å². The Bertz CT molecular complexity index is 420. The molecule has 2 rings (SSSR count). The van der Waals surface area contributed by atoms with Crippen molar-refractivity contribution >= 4 is 11.4 Å². The third-order valence-electron chi connectivity index (χ3n) is 3.55. The average molecular weight is 249 g/mol. The fourth-order valence-corrected chi connectivity index (χ4v) is 2.64. The van der Waals surface area contributed by atoms with Gasteiger partial charge in [-0.1, -0.05) is 0 Å². The summed E-state index contributed by atoms with van der Waals surface area (Å²) < 4.78 is 0. The van der Waals surface area contributed by atoms with Gasteiger partial charge in [0.2, 0.25) is 0 Å². The second-order valence-corrected chi connectivity index (χ2v) is 5.50. The highest BCUT2D eigenvalue weighted by Crippen LogP contribution is 2.28. The monoisotopic (exact) mass is 249 g/mol. The molecule has 0 amide bonds. The van der Waals surface area contributed by atoms with Crippen LogP contribution in [0.15, 0.2) is 18.2 Å². The zero-order chi connectivity index (χ0) is 13.3. The molecule has 1 heterocycles. The van der Waals surface area contributed by atoms with Gasteiger partial charge in [0.15, 0.2) is 0 Å². The maximum atomic E-state index is 9.88. The lowest BCUT2D eigenvalue weighted by Crippen LogP contribution is -2.37. The summed E-state index contributed by atoms with van der Waals surface area (Å²) in [5.41, 5.74) is 8.93. The lowest BCUT2D eigenvalue weighted by molar-refractivity contribution is 0.191. The van der Waals surface area contributed by atoms with Crippen molar-refractivity contribution in [1.29, 1.82) is 0 Å². The number of nitrogens with two attached hydrogens (primary N) is 1. The molecule has 4 heteroatoms. The lowest BCUT2D eigenvalue weighted by Gasteiger charge is -2.29. The molecular weight excluding hydrogens is 226 g/mol. The van der Waals surface area contributed by atoms with Crippen molar-refractivity contribution < 1.29 is 5.11 Å². The first kappa shape index (κ1) is 13.2. The van der Waals surface area contributed by atoms with Crippen molar-refractivity contribution in [1.82, 2.24) is 4.90 Å². The highest BCUT2D eigenvalue weighted by molar-refractivity contribution is 5.59. The van der Waals surface area contributed by atoms with Gasteiger partial charge in [-0.15, -0.1) is 0 Å². The summed E-state index contributed by atoms with van der Waals surface area (Å²) in [5, 5.41) is 9.88. The summed E-state index contributed by atoms with van der Waals surface area (Å²) in [4.78, 5) is 4.46. The SMILES string of the molecule is Cc1cc(N2CC(O)CC2CN(C)C)ccc1N. The molecule has 100 valence electrons. The second-order valence-electron chi connectivity index (χ2n) is 5.50. The molecule has 0 aliphatic carbocycles. The molecule has 1 aromatic rings. The van der Waals surface area contributed by atoms with E-state index < -0.39 is 0 Å². The van der Waals surface area contributed by atoms with E-state index in [1.807, 2.05) is 19.1 Å². The van der Waals surface area contributed by atoms with E-state index in [-0.39, 0.29) is 6.10 Å². The van der Waals surface area contributed by atoms with Crippen LogP contribution < -0.4 is 10.6 Å². The van der Waals surface area contributed by atoms with E-state index in [2.05, 4.69) is 30.0 Å². The summed E-state index contributed by atoms with van der Waals surface area (Å²) in [6.45, 7) is 3.69. The number of nitrogens with zero attached hydrogens (tertiary/aromatic N) is 2. The predicted octanol–water partition coefficient (Wildman–Crippen LogP) is 1.08. The molecule has 2 unspecified atom stereocenters. The van der Waals surface area contributed by atoms with Crippen LogP contribution in [0.2, 0.25) is 0 Å². The van der Waals surface area contributed by atoms with Crippen LogP contribution in [0.3, 0.4) is 0 Å². The quantitative estimate of drug-likeness (QED) is 0.787. The van der Waals surface area contributed by atoms with E-state index in [0.717, 1.165) is 29.9 Å². The van der Waals surface area contributed by atoms with E-state index in [1.165, 1.54) is 0 Å². The van der Waals surface area contributed by atoms with E-state index in [1.54, 1.807) is 0 Å². The molecule has 3 N–H and O–H groups in total. The molecule has 1 fully saturated rings. The third kappa shape index (κ3) is 2.76. The number of aryl methyl sites for hydroxylation is 1. The van der Waals surface area contributed by atoms with Crippen LogP contribution in [-0.4, -0.2) is 49.3 Å². The molecule has 0 saturated carbocycles. The standard InChI is InChI=1S/C14H23N3O/c1-10-6-11(4-5-14(10)15)17-9-13(18)7-12(17)8-16(2)3/h4-6,12-13,18H,7-9,15H2,1-3H3. The zero-order valence-corrected chi connectivity index (χ0v) is 11.4. The number of β-amino-alcohol motifs (C(OH)–C–C–N with tert-alkyl or cyclic N) is 1. The molecular formula is C14H23N3O. The van der Waals surface area contributed by atoms with Gasteiger partial charge in [0.25, 0.3) is 0 Å². The summed E-state index contributed by atoms with van der Waals surface area (Å²) in [7, 11) is 4.13. The van der Waals surface area contributed by atoms with Crippen molar-refractivity contribution in [3.05, 3.63) is 23.8 Å². The zero-order valence-electron chi connectivity index (χ0n) is 11.4. The Kier molecular flexibility index (Phi) is 3.78. The molecule has 0 bridgehead atoms. The maximum Gasteiger partial charge on any atom is 0.0735 e. The van der Waals surface area contributed by atoms with Crippen LogP contribution in [0.1, 0.15) is 12.0 Å². The lowest BCUT2D eigenvalue weighted by atomic mass is 10.1. The molecule has 2 atom stereocenters. The van der Waals surface area contributed by atoms with Crippen LogP contribution in [0.25, 0.3) is 0 Å². The maximum absolute atomic E-state index is 9.88. The van der Waals surface area contributed by atoms with E-state index in [4.69, 9.17) is 5.73 Å². The van der Waals surface area contributed by atoms with Crippen LogP contribution in [0, 0.1) is 6.92 Å². The number of benzene rings is 1. The Hall–Kier alpha value is -1.26. The third-order valence-corrected chi connectivity index (χ3v) is 3.55. The summed E-state index contributed by atoms with van der Waals surface area (Å²) in [5.74, 6) is 0. The Labute approximate surface area is 109 Å². The van der Waals surface area contributed by atoms with Crippen LogP contribution in [0.4, 0.5) is 11.4 Å². The van der Waals surface area contributed by atoms with Crippen LogP contribution in [0.5, 0.6) is 0 Å². The first-order valence-corrected chi connectivity index (χ1v) is 6.43. The van der Waals surface area contributed by atoms with Crippen molar-refractivity contribution in [2.24, 2.45) is 0 Å². The summed E-state index contributed by atoms with van der Waals surface area (Å²) in [6, 6.07) is 6.47. The topological polar surface area (TPSA) is 52.7 Å². The summed E-state index contributed by atoms with van der Waals surface area (Å²) in [6.07, 6.45) is 0.606. The first-order valence-electron chi connectivity index (χ1n) is 6.43. The Morgan fingerprint density at radius 2 is 2.17 bits per heavy atom. The van der Waals surface area contributed by atoms with Gasteiger partial charge >= 0.3 is 0 Å². The number of aliphatic hydroxyl groups is 1. The van der Waals surface area contributed by atoms with Crippen molar-refractivity contribution in [3.8, 4) is 0 Å². The second kappa shape index (κ2) is 5.16. The highest BCUT2D eigenvalue weighted by Gasteiger charge is 2.31. The number of aliphatic hydroxyl groups excluding tert-OH is 1. The number of hydrogen-bond donors (Lipinski definition) is 2. The van der Waals surface area contributed by atoms with Crippen molar-refractivity contribution in [2.75, 3.05) is 37.8 Å². The largest absolute Gasteiger partial charge is 0.399 e. The minimum Gasteiger partial charge on any atom is -0.399 e. The molecule has 1 saturated heterocycles. The molecule has 0 spiro atoms. The van der Waals surface area contributed by atoms with E-state index >= 15 is 0 Å². The number of hydrogen-bond acceptors (Lipinski definition) is 4. The minimum absolute atomic E-state index is 0.229. The van der Waals surface area contributed by atoms with Gasteiger partial charge in [0, 0.05) is 30.5 Å². The molecule has 1 aromatic carbocycles.